The molecule has 0 saturated heterocycles. The van der Waals surface area contributed by atoms with Gasteiger partial charge in [-0.15, -0.1) is 0 Å². The number of nitrogens with zero attached hydrogens (tertiary/aromatic N) is 3. The van der Waals surface area contributed by atoms with Gasteiger partial charge in [0.05, 0.1) is 11.9 Å². The SMILES string of the molecule is Nc1cc(-c2cnccn2)[nH]n1. The molecule has 0 aromatic carbocycles. The number of aromatic amines is 1. The van der Waals surface area contributed by atoms with Crippen molar-refractivity contribution in [2.75, 3.05) is 5.73 Å². The van der Waals surface area contributed by atoms with E-state index in [1.54, 1.807) is 24.7 Å². The molecule has 2 heterocycles. The van der Waals surface area contributed by atoms with E-state index in [9.17, 15) is 0 Å². The van der Waals surface area contributed by atoms with Gasteiger partial charge in [-0.2, -0.15) is 5.10 Å². The first-order chi connectivity index (χ1) is 5.86. The Morgan fingerprint density at radius 2 is 2.25 bits per heavy atom. The van der Waals surface area contributed by atoms with Gasteiger partial charge in [-0.05, 0) is 0 Å². The molecule has 2 rings (SSSR count). The highest BCUT2D eigenvalue weighted by Gasteiger charge is 2.00. The second-order valence-electron chi connectivity index (χ2n) is 2.30. The highest BCUT2D eigenvalue weighted by molar-refractivity contribution is 5.56. The van der Waals surface area contributed by atoms with Gasteiger partial charge >= 0.3 is 0 Å². The van der Waals surface area contributed by atoms with Crippen LogP contribution in [0.5, 0.6) is 0 Å². The number of anilines is 1. The van der Waals surface area contributed by atoms with Crippen LogP contribution in [0.1, 0.15) is 0 Å². The number of nitrogen functional groups attached to an aromatic ring is 1. The fourth-order valence-corrected chi connectivity index (χ4v) is 0.907. The molecule has 0 spiro atoms. The normalized spacial score (nSPS) is 10.0. The first kappa shape index (κ1) is 6.78. The zero-order valence-corrected chi connectivity index (χ0v) is 6.23. The van der Waals surface area contributed by atoms with E-state index in [1.165, 1.54) is 0 Å². The van der Waals surface area contributed by atoms with E-state index in [-0.39, 0.29) is 0 Å². The van der Waals surface area contributed by atoms with Crippen molar-refractivity contribution >= 4 is 5.82 Å². The lowest BCUT2D eigenvalue weighted by molar-refractivity contribution is 1.08. The average molecular weight is 161 g/mol. The molecule has 3 N–H and O–H groups in total. The topological polar surface area (TPSA) is 80.5 Å². The number of aromatic nitrogens is 4. The standard InChI is InChI=1S/C7H7N5/c8-7-3-5(11-12-7)6-4-9-1-2-10-6/h1-4H,(H3,8,11,12). The zero-order chi connectivity index (χ0) is 8.39. The second kappa shape index (κ2) is 2.61. The van der Waals surface area contributed by atoms with Crippen molar-refractivity contribution in [3.05, 3.63) is 24.7 Å². The van der Waals surface area contributed by atoms with Gasteiger partial charge in [0, 0.05) is 18.5 Å². The molecule has 0 fully saturated rings. The van der Waals surface area contributed by atoms with E-state index in [1.807, 2.05) is 0 Å². The van der Waals surface area contributed by atoms with Gasteiger partial charge in [0.15, 0.2) is 0 Å². The van der Waals surface area contributed by atoms with Crippen LogP contribution in [-0.2, 0) is 0 Å². The first-order valence-electron chi connectivity index (χ1n) is 3.43. The molecule has 60 valence electrons. The molecule has 0 unspecified atom stereocenters. The van der Waals surface area contributed by atoms with Crippen LogP contribution in [0, 0.1) is 0 Å². The average Bonchev–Trinajstić information content (AvgIpc) is 2.54. The molecule has 5 nitrogen and oxygen atoms in total. The van der Waals surface area contributed by atoms with Gasteiger partial charge in [0.1, 0.15) is 11.5 Å². The summed E-state index contributed by atoms with van der Waals surface area (Å²) in [5.41, 5.74) is 6.94. The minimum atomic E-state index is 0.454. The summed E-state index contributed by atoms with van der Waals surface area (Å²) in [5, 5.41) is 6.52. The van der Waals surface area contributed by atoms with E-state index in [0.29, 0.717) is 5.82 Å². The first-order valence-corrected chi connectivity index (χ1v) is 3.43. The van der Waals surface area contributed by atoms with Gasteiger partial charge in [-0.1, -0.05) is 0 Å². The molecule has 2 aromatic heterocycles. The van der Waals surface area contributed by atoms with Crippen LogP contribution in [-0.4, -0.2) is 20.2 Å². The Hall–Kier alpha value is -1.91. The lowest BCUT2D eigenvalue weighted by Crippen LogP contribution is -1.83. The third-order valence-electron chi connectivity index (χ3n) is 1.44. The Bertz CT molecular complexity index is 366. The molecule has 0 aliphatic rings. The molecular formula is C7H7N5. The Balaban J connectivity index is 2.45. The van der Waals surface area contributed by atoms with Crippen molar-refractivity contribution in [1.82, 2.24) is 20.2 Å². The third kappa shape index (κ3) is 1.12. The molecule has 0 radical (unpaired) electrons. The van der Waals surface area contributed by atoms with Gasteiger partial charge < -0.3 is 5.73 Å². The smallest absolute Gasteiger partial charge is 0.145 e. The Kier molecular flexibility index (Phi) is 1.48. The molecule has 0 atom stereocenters. The van der Waals surface area contributed by atoms with Crippen LogP contribution in [0.2, 0.25) is 0 Å². The summed E-state index contributed by atoms with van der Waals surface area (Å²) >= 11 is 0. The zero-order valence-electron chi connectivity index (χ0n) is 6.23. The van der Waals surface area contributed by atoms with E-state index in [2.05, 4.69) is 20.2 Å². The van der Waals surface area contributed by atoms with Crippen LogP contribution >= 0.6 is 0 Å². The maximum absolute atomic E-state index is 5.43. The fourth-order valence-electron chi connectivity index (χ4n) is 0.907. The minimum Gasteiger partial charge on any atom is -0.382 e. The summed E-state index contributed by atoms with van der Waals surface area (Å²) in [6.45, 7) is 0. The Labute approximate surface area is 68.7 Å². The molecule has 0 amide bonds. The number of rotatable bonds is 1. The van der Waals surface area contributed by atoms with Gasteiger partial charge in [-0.3, -0.25) is 15.1 Å². The highest BCUT2D eigenvalue weighted by Crippen LogP contribution is 2.13. The van der Waals surface area contributed by atoms with Crippen molar-refractivity contribution in [3.63, 3.8) is 0 Å². The molecule has 5 heteroatoms. The molecule has 0 aliphatic carbocycles. The molecule has 0 saturated carbocycles. The predicted molar refractivity (Wildman–Crippen MR) is 44.0 cm³/mol. The van der Waals surface area contributed by atoms with Crippen molar-refractivity contribution in [2.24, 2.45) is 0 Å². The van der Waals surface area contributed by atoms with Crippen molar-refractivity contribution in [1.29, 1.82) is 0 Å². The third-order valence-corrected chi connectivity index (χ3v) is 1.44. The van der Waals surface area contributed by atoms with E-state index >= 15 is 0 Å². The van der Waals surface area contributed by atoms with Gasteiger partial charge in [0.2, 0.25) is 0 Å². The lowest BCUT2D eigenvalue weighted by Gasteiger charge is -1.91. The minimum absolute atomic E-state index is 0.454. The maximum Gasteiger partial charge on any atom is 0.145 e. The van der Waals surface area contributed by atoms with Crippen LogP contribution in [0.4, 0.5) is 5.82 Å². The number of nitrogens with one attached hydrogen (secondary N) is 1. The number of hydrogen-bond donors (Lipinski definition) is 2. The monoisotopic (exact) mass is 161 g/mol. The fraction of sp³-hybridized carbons (Fsp3) is 0. The van der Waals surface area contributed by atoms with Gasteiger partial charge in [0.25, 0.3) is 0 Å². The van der Waals surface area contributed by atoms with E-state index in [4.69, 9.17) is 5.73 Å². The molecular weight excluding hydrogens is 154 g/mol. The van der Waals surface area contributed by atoms with Crippen LogP contribution in [0.25, 0.3) is 11.4 Å². The number of H-pyrrole nitrogens is 1. The summed E-state index contributed by atoms with van der Waals surface area (Å²) in [6.07, 6.45) is 4.88. The Morgan fingerprint density at radius 1 is 1.33 bits per heavy atom. The molecule has 0 aliphatic heterocycles. The summed E-state index contributed by atoms with van der Waals surface area (Å²) in [5.74, 6) is 0.454. The largest absolute Gasteiger partial charge is 0.382 e. The lowest BCUT2D eigenvalue weighted by atomic mass is 10.3. The summed E-state index contributed by atoms with van der Waals surface area (Å²) in [4.78, 5) is 7.99. The number of hydrogen-bond acceptors (Lipinski definition) is 4. The Morgan fingerprint density at radius 3 is 2.83 bits per heavy atom. The van der Waals surface area contributed by atoms with Gasteiger partial charge in [-0.25, -0.2) is 0 Å². The van der Waals surface area contributed by atoms with Crippen molar-refractivity contribution in [3.8, 4) is 11.4 Å². The molecule has 0 bridgehead atoms. The van der Waals surface area contributed by atoms with Crippen LogP contribution in [0.15, 0.2) is 24.7 Å². The predicted octanol–water partition coefficient (Wildman–Crippen LogP) is 0.449. The van der Waals surface area contributed by atoms with Crippen molar-refractivity contribution in [2.45, 2.75) is 0 Å². The van der Waals surface area contributed by atoms with Crippen molar-refractivity contribution < 1.29 is 0 Å². The van der Waals surface area contributed by atoms with Crippen LogP contribution < -0.4 is 5.73 Å². The summed E-state index contributed by atoms with van der Waals surface area (Å²) in [7, 11) is 0. The summed E-state index contributed by atoms with van der Waals surface area (Å²) < 4.78 is 0. The molecule has 2 aromatic rings. The second-order valence-corrected chi connectivity index (χ2v) is 2.30. The number of nitrogens with two attached hydrogens (primary N) is 1. The van der Waals surface area contributed by atoms with E-state index < -0.39 is 0 Å². The van der Waals surface area contributed by atoms with E-state index in [0.717, 1.165) is 11.4 Å². The maximum atomic E-state index is 5.43. The quantitative estimate of drug-likeness (QED) is 0.636. The highest BCUT2D eigenvalue weighted by atomic mass is 15.2. The molecule has 12 heavy (non-hydrogen) atoms. The summed E-state index contributed by atoms with van der Waals surface area (Å²) in [6, 6.07) is 1.71. The van der Waals surface area contributed by atoms with Crippen LogP contribution in [0.3, 0.4) is 0 Å².